The fourth-order valence-electron chi connectivity index (χ4n) is 1.95. The van der Waals surface area contributed by atoms with E-state index in [0.29, 0.717) is 10.6 Å². The fourth-order valence-corrected chi connectivity index (χ4v) is 2.17. The Hall–Kier alpha value is -1.74. The minimum absolute atomic E-state index is 0.187. The zero-order valence-electron chi connectivity index (χ0n) is 10.7. The molecule has 2 N–H and O–H groups in total. The molecule has 0 spiro atoms. The van der Waals surface area contributed by atoms with E-state index in [9.17, 15) is 9.50 Å². The van der Waals surface area contributed by atoms with E-state index in [-0.39, 0.29) is 17.5 Å². The third kappa shape index (κ3) is 2.99. The number of phenols is 1. The molecule has 0 heterocycles. The molecule has 0 fully saturated rings. The maximum absolute atomic E-state index is 13.7. The monoisotopic (exact) mass is 279 g/mol. The number of phenolic OH excluding ortho intramolecular Hbond substituents is 1. The van der Waals surface area contributed by atoms with Gasteiger partial charge in [0, 0.05) is 5.56 Å². The van der Waals surface area contributed by atoms with Gasteiger partial charge in [0.25, 0.3) is 0 Å². The van der Waals surface area contributed by atoms with Gasteiger partial charge < -0.3 is 10.4 Å². The SMILES string of the molecule is Cc1ccc(C(C)Nc2c(F)cccc2Cl)c(O)c1. The lowest BCUT2D eigenvalue weighted by atomic mass is 10.0. The topological polar surface area (TPSA) is 32.3 Å². The van der Waals surface area contributed by atoms with Crippen molar-refractivity contribution < 1.29 is 9.50 Å². The summed E-state index contributed by atoms with van der Waals surface area (Å²) in [5.74, 6) is -0.224. The number of hydrogen-bond acceptors (Lipinski definition) is 2. The highest BCUT2D eigenvalue weighted by Crippen LogP contribution is 2.31. The molecule has 0 aliphatic heterocycles. The van der Waals surface area contributed by atoms with E-state index in [0.717, 1.165) is 5.56 Å². The molecule has 0 aromatic heterocycles. The molecule has 1 unspecified atom stereocenters. The first-order chi connectivity index (χ1) is 8.99. The van der Waals surface area contributed by atoms with Gasteiger partial charge >= 0.3 is 0 Å². The Bertz CT molecular complexity index is 580. The predicted octanol–water partition coefficient (Wildman–Crippen LogP) is 4.67. The van der Waals surface area contributed by atoms with Crippen molar-refractivity contribution in [2.24, 2.45) is 0 Å². The first-order valence-electron chi connectivity index (χ1n) is 5.99. The van der Waals surface area contributed by atoms with E-state index in [1.54, 1.807) is 18.2 Å². The lowest BCUT2D eigenvalue weighted by molar-refractivity contribution is 0.465. The first-order valence-corrected chi connectivity index (χ1v) is 6.37. The Morgan fingerprint density at radius 2 is 2.00 bits per heavy atom. The summed E-state index contributed by atoms with van der Waals surface area (Å²) >= 11 is 5.96. The van der Waals surface area contributed by atoms with Crippen molar-refractivity contribution in [2.45, 2.75) is 19.9 Å². The van der Waals surface area contributed by atoms with Gasteiger partial charge in [-0.2, -0.15) is 0 Å². The van der Waals surface area contributed by atoms with Crippen LogP contribution in [0.5, 0.6) is 5.75 Å². The van der Waals surface area contributed by atoms with Crippen LogP contribution in [0.3, 0.4) is 0 Å². The van der Waals surface area contributed by atoms with Gasteiger partial charge in [-0.3, -0.25) is 0 Å². The number of rotatable bonds is 3. The van der Waals surface area contributed by atoms with Gasteiger partial charge in [-0.05, 0) is 37.6 Å². The van der Waals surface area contributed by atoms with Crippen molar-refractivity contribution in [3.8, 4) is 5.75 Å². The van der Waals surface area contributed by atoms with Crippen LogP contribution in [-0.2, 0) is 0 Å². The highest BCUT2D eigenvalue weighted by Gasteiger charge is 2.14. The molecule has 100 valence electrons. The minimum Gasteiger partial charge on any atom is -0.508 e. The summed E-state index contributed by atoms with van der Waals surface area (Å²) in [4.78, 5) is 0. The van der Waals surface area contributed by atoms with Crippen LogP contribution in [0.25, 0.3) is 0 Å². The number of halogens is 2. The summed E-state index contributed by atoms with van der Waals surface area (Å²) in [6.45, 7) is 3.74. The number of nitrogens with one attached hydrogen (secondary N) is 1. The summed E-state index contributed by atoms with van der Waals surface area (Å²) < 4.78 is 13.7. The Morgan fingerprint density at radius 3 is 2.63 bits per heavy atom. The molecule has 0 bridgehead atoms. The number of aryl methyl sites for hydroxylation is 1. The molecule has 0 saturated carbocycles. The predicted molar refractivity (Wildman–Crippen MR) is 76.3 cm³/mol. The summed E-state index contributed by atoms with van der Waals surface area (Å²) in [5, 5.41) is 13.2. The van der Waals surface area contributed by atoms with E-state index in [2.05, 4.69) is 5.32 Å². The molecule has 0 saturated heterocycles. The van der Waals surface area contributed by atoms with Crippen molar-refractivity contribution in [2.75, 3.05) is 5.32 Å². The molecular formula is C15H15ClFNO. The van der Waals surface area contributed by atoms with Gasteiger partial charge in [0.15, 0.2) is 0 Å². The molecule has 4 heteroatoms. The number of aromatic hydroxyl groups is 1. The molecule has 0 aliphatic carbocycles. The van der Waals surface area contributed by atoms with Gasteiger partial charge in [-0.15, -0.1) is 0 Å². The molecule has 19 heavy (non-hydrogen) atoms. The molecule has 2 aromatic carbocycles. The van der Waals surface area contributed by atoms with Crippen molar-refractivity contribution >= 4 is 17.3 Å². The maximum Gasteiger partial charge on any atom is 0.147 e. The van der Waals surface area contributed by atoms with Gasteiger partial charge in [0.1, 0.15) is 11.6 Å². The van der Waals surface area contributed by atoms with Crippen LogP contribution in [0.1, 0.15) is 24.1 Å². The lowest BCUT2D eigenvalue weighted by Gasteiger charge is -2.18. The molecule has 1 atom stereocenters. The molecule has 2 aromatic rings. The van der Waals surface area contributed by atoms with Crippen molar-refractivity contribution in [3.63, 3.8) is 0 Å². The minimum atomic E-state index is -0.411. The molecule has 2 rings (SSSR count). The Labute approximate surface area is 116 Å². The second kappa shape index (κ2) is 5.49. The second-order valence-electron chi connectivity index (χ2n) is 4.52. The molecule has 0 amide bonds. The largest absolute Gasteiger partial charge is 0.508 e. The molecule has 0 aliphatic rings. The van der Waals surface area contributed by atoms with Gasteiger partial charge in [-0.25, -0.2) is 4.39 Å². The zero-order chi connectivity index (χ0) is 14.0. The van der Waals surface area contributed by atoms with Gasteiger partial charge in [-0.1, -0.05) is 29.8 Å². The number of hydrogen-bond donors (Lipinski definition) is 2. The smallest absolute Gasteiger partial charge is 0.147 e. The number of para-hydroxylation sites is 1. The van der Waals surface area contributed by atoms with Crippen LogP contribution < -0.4 is 5.32 Å². The van der Waals surface area contributed by atoms with E-state index in [1.165, 1.54) is 6.07 Å². The summed E-state index contributed by atoms with van der Waals surface area (Å²) in [5.41, 5.74) is 1.92. The highest BCUT2D eigenvalue weighted by molar-refractivity contribution is 6.33. The maximum atomic E-state index is 13.7. The van der Waals surface area contributed by atoms with Crippen LogP contribution in [-0.4, -0.2) is 5.11 Å². The molecule has 2 nitrogen and oxygen atoms in total. The standard InChI is InChI=1S/C15H15ClFNO/c1-9-6-7-11(14(19)8-9)10(2)18-15-12(16)4-3-5-13(15)17/h3-8,10,18-19H,1-2H3. The quantitative estimate of drug-likeness (QED) is 0.856. The van der Waals surface area contributed by atoms with E-state index >= 15 is 0 Å². The number of benzene rings is 2. The van der Waals surface area contributed by atoms with E-state index in [4.69, 9.17) is 11.6 Å². The average molecular weight is 280 g/mol. The van der Waals surface area contributed by atoms with Gasteiger partial charge in [0.2, 0.25) is 0 Å². The van der Waals surface area contributed by atoms with E-state index < -0.39 is 5.82 Å². The van der Waals surface area contributed by atoms with Crippen molar-refractivity contribution in [1.29, 1.82) is 0 Å². The Kier molecular flexibility index (Phi) is 3.96. The summed E-state index contributed by atoms with van der Waals surface area (Å²) in [7, 11) is 0. The third-order valence-electron chi connectivity index (χ3n) is 2.98. The number of anilines is 1. The van der Waals surface area contributed by atoms with Crippen LogP contribution in [0.2, 0.25) is 5.02 Å². The zero-order valence-corrected chi connectivity index (χ0v) is 11.5. The first kappa shape index (κ1) is 13.7. The normalized spacial score (nSPS) is 12.2. The second-order valence-corrected chi connectivity index (χ2v) is 4.93. The average Bonchev–Trinajstić information content (AvgIpc) is 2.33. The fraction of sp³-hybridized carbons (Fsp3) is 0.200. The highest BCUT2D eigenvalue weighted by atomic mass is 35.5. The molecule has 0 radical (unpaired) electrons. The summed E-state index contributed by atoms with van der Waals surface area (Å²) in [6, 6.07) is 9.65. The van der Waals surface area contributed by atoms with Gasteiger partial charge in [0.05, 0.1) is 16.8 Å². The summed E-state index contributed by atoms with van der Waals surface area (Å²) in [6.07, 6.45) is 0. The van der Waals surface area contributed by atoms with Crippen LogP contribution in [0.15, 0.2) is 36.4 Å². The Balaban J connectivity index is 2.28. The van der Waals surface area contributed by atoms with E-state index in [1.807, 2.05) is 26.0 Å². The van der Waals surface area contributed by atoms with Crippen molar-refractivity contribution in [3.05, 3.63) is 58.4 Å². The Morgan fingerprint density at radius 1 is 1.26 bits per heavy atom. The van der Waals surface area contributed by atoms with Crippen molar-refractivity contribution in [1.82, 2.24) is 0 Å². The van der Waals surface area contributed by atoms with Crippen LogP contribution in [0, 0.1) is 12.7 Å². The molecular weight excluding hydrogens is 265 g/mol. The van der Waals surface area contributed by atoms with Crippen LogP contribution >= 0.6 is 11.6 Å². The third-order valence-corrected chi connectivity index (χ3v) is 3.29. The lowest BCUT2D eigenvalue weighted by Crippen LogP contribution is -2.08. The van der Waals surface area contributed by atoms with Crippen LogP contribution in [0.4, 0.5) is 10.1 Å².